The van der Waals surface area contributed by atoms with Gasteiger partial charge in [-0.05, 0) is 30.5 Å². The molecular formula is C22H38N2O7Si. The van der Waals surface area contributed by atoms with Crippen LogP contribution in [0.3, 0.4) is 0 Å². The molecule has 3 rings (SSSR count). The van der Waals surface area contributed by atoms with Gasteiger partial charge >= 0.3 is 5.69 Å². The number of aromatic nitrogens is 2. The third kappa shape index (κ3) is 4.40. The molecule has 10 heteroatoms. The molecule has 0 aromatic carbocycles. The summed E-state index contributed by atoms with van der Waals surface area (Å²) in [4.78, 5) is 26.6. The second-order valence-electron chi connectivity index (χ2n) is 10.2. The topological polar surface area (TPSA) is 112 Å². The normalized spacial score (nSPS) is 27.6. The van der Waals surface area contributed by atoms with Crippen molar-refractivity contribution in [2.75, 3.05) is 6.61 Å². The molecule has 0 saturated carbocycles. The Morgan fingerprint density at radius 2 is 1.66 bits per heavy atom. The summed E-state index contributed by atoms with van der Waals surface area (Å²) in [5, 5.41) is 9.77. The molecule has 3 heterocycles. The summed E-state index contributed by atoms with van der Waals surface area (Å²) in [5.41, 5.74) is 0.166. The molecule has 4 atom stereocenters. The van der Waals surface area contributed by atoms with Crippen molar-refractivity contribution in [1.82, 2.24) is 9.55 Å². The summed E-state index contributed by atoms with van der Waals surface area (Å²) < 4.78 is 26.5. The highest BCUT2D eigenvalue weighted by molar-refractivity contribution is 6.77. The van der Waals surface area contributed by atoms with Gasteiger partial charge in [0, 0.05) is 6.07 Å². The van der Waals surface area contributed by atoms with Crippen LogP contribution >= 0.6 is 0 Å². The number of H-pyrrole nitrogens is 1. The molecule has 0 radical (unpaired) electrons. The fourth-order valence-electron chi connectivity index (χ4n) is 5.68. The summed E-state index contributed by atoms with van der Waals surface area (Å²) >= 11 is 0. The molecule has 2 N–H and O–H groups in total. The lowest BCUT2D eigenvalue weighted by Gasteiger charge is -2.43. The molecule has 0 bridgehead atoms. The van der Waals surface area contributed by atoms with Crippen molar-refractivity contribution in [3.05, 3.63) is 32.6 Å². The maximum Gasteiger partial charge on any atom is 0.330 e. The predicted octanol–water partition coefficient (Wildman–Crippen LogP) is 2.64. The van der Waals surface area contributed by atoms with Gasteiger partial charge in [-0.2, -0.15) is 0 Å². The average molecular weight is 471 g/mol. The first kappa shape index (κ1) is 25.3. The van der Waals surface area contributed by atoms with Crippen LogP contribution in [0.5, 0.6) is 0 Å². The van der Waals surface area contributed by atoms with E-state index >= 15 is 0 Å². The lowest BCUT2D eigenvalue weighted by atomic mass is 10.1. The van der Waals surface area contributed by atoms with E-state index in [4.69, 9.17) is 18.6 Å². The molecule has 32 heavy (non-hydrogen) atoms. The van der Waals surface area contributed by atoms with Crippen LogP contribution in [0.15, 0.2) is 15.7 Å². The molecule has 1 aromatic rings. The molecule has 2 aliphatic rings. The molecule has 9 nitrogen and oxygen atoms in total. The molecule has 182 valence electrons. The number of hydrogen-bond acceptors (Lipinski definition) is 7. The Morgan fingerprint density at radius 1 is 1.09 bits per heavy atom. The zero-order valence-corrected chi connectivity index (χ0v) is 21.4. The Labute approximate surface area is 190 Å². The third-order valence-corrected chi connectivity index (χ3v) is 12.9. The van der Waals surface area contributed by atoms with Gasteiger partial charge in [0.1, 0.15) is 18.3 Å². The highest BCUT2D eigenvalue weighted by atomic mass is 28.4. The fourth-order valence-corrected chi connectivity index (χ4v) is 11.1. The quantitative estimate of drug-likeness (QED) is 0.562. The first-order valence-corrected chi connectivity index (χ1v) is 13.6. The van der Waals surface area contributed by atoms with Crippen LogP contribution in [0.2, 0.25) is 16.6 Å². The van der Waals surface area contributed by atoms with E-state index in [-0.39, 0.29) is 5.69 Å². The first-order chi connectivity index (χ1) is 14.8. The minimum Gasteiger partial charge on any atom is -0.413 e. The van der Waals surface area contributed by atoms with E-state index in [0.717, 1.165) is 0 Å². The summed E-state index contributed by atoms with van der Waals surface area (Å²) in [6, 6.07) is 1.19. The van der Waals surface area contributed by atoms with Crippen LogP contribution in [0, 0.1) is 0 Å². The van der Waals surface area contributed by atoms with Gasteiger partial charge in [-0.3, -0.25) is 14.3 Å². The van der Waals surface area contributed by atoms with Gasteiger partial charge in [0.25, 0.3) is 5.56 Å². The van der Waals surface area contributed by atoms with Gasteiger partial charge in [-0.25, -0.2) is 4.79 Å². The Hall–Kier alpha value is -1.30. The summed E-state index contributed by atoms with van der Waals surface area (Å²) in [7, 11) is -2.14. The minimum atomic E-state index is -2.14. The Morgan fingerprint density at radius 3 is 2.19 bits per heavy atom. The SMILES string of the molecule is CC(C)[Si](OC[C@H]1O[C@@H](n2c(CO)cc(=O)[nH]c2=O)[C@@H]2OC(C)(C)O[C@@H]21)(C(C)C)C(C)C. The van der Waals surface area contributed by atoms with Crippen molar-refractivity contribution in [3.8, 4) is 0 Å². The third-order valence-electron chi connectivity index (χ3n) is 6.80. The lowest BCUT2D eigenvalue weighted by molar-refractivity contribution is -0.200. The highest BCUT2D eigenvalue weighted by Crippen LogP contribution is 2.46. The Balaban J connectivity index is 1.95. The van der Waals surface area contributed by atoms with E-state index < -0.39 is 56.5 Å². The fraction of sp³-hybridized carbons (Fsp3) is 0.818. The molecule has 0 unspecified atom stereocenters. The van der Waals surface area contributed by atoms with Crippen molar-refractivity contribution >= 4 is 8.32 Å². The molecule has 0 amide bonds. The summed E-state index contributed by atoms with van der Waals surface area (Å²) in [6.45, 7) is 16.8. The Bertz CT molecular complexity index is 902. The van der Waals surface area contributed by atoms with Crippen LogP contribution in [0.25, 0.3) is 0 Å². The van der Waals surface area contributed by atoms with E-state index in [1.165, 1.54) is 10.6 Å². The number of fused-ring (bicyclic) bond motifs is 1. The monoisotopic (exact) mass is 470 g/mol. The van der Waals surface area contributed by atoms with Crippen LogP contribution in [-0.4, -0.2) is 53.7 Å². The second-order valence-corrected chi connectivity index (χ2v) is 15.7. The molecule has 2 fully saturated rings. The zero-order valence-electron chi connectivity index (χ0n) is 20.4. The van der Waals surface area contributed by atoms with Crippen LogP contribution in [-0.2, 0) is 25.2 Å². The van der Waals surface area contributed by atoms with Crippen molar-refractivity contribution in [1.29, 1.82) is 0 Å². The van der Waals surface area contributed by atoms with Crippen LogP contribution in [0.4, 0.5) is 0 Å². The maximum absolute atomic E-state index is 12.6. The lowest BCUT2D eigenvalue weighted by Crippen LogP contribution is -2.50. The van der Waals surface area contributed by atoms with Crippen LogP contribution < -0.4 is 11.2 Å². The Kier molecular flexibility index (Phi) is 7.24. The average Bonchev–Trinajstić information content (AvgIpc) is 3.14. The number of rotatable bonds is 8. The summed E-state index contributed by atoms with van der Waals surface area (Å²) in [6.07, 6.45) is -2.34. The smallest absolute Gasteiger partial charge is 0.330 e. The van der Waals surface area contributed by atoms with Crippen molar-refractivity contribution in [2.45, 2.75) is 109 Å². The summed E-state index contributed by atoms with van der Waals surface area (Å²) in [5.74, 6) is -0.858. The van der Waals surface area contributed by atoms with Crippen molar-refractivity contribution in [3.63, 3.8) is 0 Å². The van der Waals surface area contributed by atoms with E-state index in [2.05, 4.69) is 46.5 Å². The number of aliphatic hydroxyl groups is 1. The molecule has 2 saturated heterocycles. The molecule has 0 spiro atoms. The number of aliphatic hydroxyl groups excluding tert-OH is 1. The van der Waals surface area contributed by atoms with Gasteiger partial charge in [-0.1, -0.05) is 41.5 Å². The van der Waals surface area contributed by atoms with Gasteiger partial charge < -0.3 is 23.7 Å². The molecular weight excluding hydrogens is 432 g/mol. The molecule has 1 aromatic heterocycles. The van der Waals surface area contributed by atoms with E-state index in [1.54, 1.807) is 0 Å². The van der Waals surface area contributed by atoms with Crippen molar-refractivity contribution < 1.29 is 23.7 Å². The van der Waals surface area contributed by atoms with Gasteiger partial charge in [0.05, 0.1) is 18.9 Å². The molecule has 0 aliphatic carbocycles. The van der Waals surface area contributed by atoms with E-state index in [0.29, 0.717) is 23.2 Å². The number of nitrogens with one attached hydrogen (secondary N) is 1. The van der Waals surface area contributed by atoms with Gasteiger partial charge in [-0.15, -0.1) is 0 Å². The second kappa shape index (κ2) is 9.15. The largest absolute Gasteiger partial charge is 0.413 e. The standard InChI is InChI=1S/C22H38N2O7Si/c1-12(2)32(13(3)4,14(5)6)28-11-16-18-19(31-22(7,8)30-18)20(29-16)24-15(10-25)9-17(26)23-21(24)27/h9,12-14,16,18-20,25H,10-11H2,1-8H3,(H,23,26,27)/t16-,18-,19-,20-/m1/s1. The van der Waals surface area contributed by atoms with E-state index in [9.17, 15) is 14.7 Å². The van der Waals surface area contributed by atoms with Crippen LogP contribution in [0.1, 0.15) is 67.3 Å². The number of hydrogen-bond donors (Lipinski definition) is 2. The highest BCUT2D eigenvalue weighted by Gasteiger charge is 2.57. The maximum atomic E-state index is 12.6. The van der Waals surface area contributed by atoms with Gasteiger partial charge in [0.15, 0.2) is 20.3 Å². The minimum absolute atomic E-state index is 0.160. The number of nitrogens with zero attached hydrogens (tertiary/aromatic N) is 1. The van der Waals surface area contributed by atoms with Gasteiger partial charge in [0.2, 0.25) is 0 Å². The number of ether oxygens (including phenoxy) is 3. The first-order valence-electron chi connectivity index (χ1n) is 11.4. The predicted molar refractivity (Wildman–Crippen MR) is 122 cm³/mol. The van der Waals surface area contributed by atoms with E-state index in [1.807, 2.05) is 13.8 Å². The van der Waals surface area contributed by atoms with Crippen molar-refractivity contribution in [2.24, 2.45) is 0 Å². The zero-order chi connectivity index (χ0) is 24.0. The molecule has 2 aliphatic heterocycles. The number of aromatic amines is 1.